The van der Waals surface area contributed by atoms with Crippen molar-refractivity contribution in [3.63, 3.8) is 0 Å². The highest BCUT2D eigenvalue weighted by molar-refractivity contribution is 8.00. The third-order valence-corrected chi connectivity index (χ3v) is 4.84. The lowest BCUT2D eigenvalue weighted by Crippen LogP contribution is -2.40. The smallest absolute Gasteiger partial charge is 0.0245 e. The molecule has 0 amide bonds. The molecule has 0 aliphatic carbocycles. The first-order valence-electron chi connectivity index (χ1n) is 6.42. The largest absolute Gasteiger partial charge is 0.327 e. The Labute approximate surface area is 106 Å². The first-order valence-corrected chi connectivity index (χ1v) is 7.47. The van der Waals surface area contributed by atoms with E-state index in [9.17, 15) is 0 Å². The fourth-order valence-corrected chi connectivity index (χ4v) is 3.46. The third-order valence-electron chi connectivity index (χ3n) is 2.93. The summed E-state index contributed by atoms with van der Waals surface area (Å²) in [6, 6.07) is 0.265. The topological polar surface area (TPSA) is 29.3 Å². The fraction of sp³-hybridized carbons (Fsp3) is 1.00. The summed E-state index contributed by atoms with van der Waals surface area (Å²) in [4.78, 5) is 2.47. The van der Waals surface area contributed by atoms with Gasteiger partial charge >= 0.3 is 0 Å². The molecule has 0 spiro atoms. The second kappa shape index (κ2) is 7.57. The van der Waals surface area contributed by atoms with Crippen LogP contribution in [0.1, 0.15) is 41.5 Å². The number of hydrogen-bond acceptors (Lipinski definition) is 3. The Morgan fingerprint density at radius 3 is 2.00 bits per heavy atom. The molecule has 0 aromatic rings. The van der Waals surface area contributed by atoms with Crippen molar-refractivity contribution < 1.29 is 0 Å². The molecule has 0 radical (unpaired) electrons. The molecule has 0 saturated carbocycles. The summed E-state index contributed by atoms with van der Waals surface area (Å²) >= 11 is 2.03. The van der Waals surface area contributed by atoms with Gasteiger partial charge in [0.1, 0.15) is 0 Å². The average Bonchev–Trinajstić information content (AvgIpc) is 2.15. The van der Waals surface area contributed by atoms with E-state index in [1.807, 2.05) is 11.8 Å². The second-order valence-electron chi connectivity index (χ2n) is 5.54. The van der Waals surface area contributed by atoms with E-state index in [0.717, 1.165) is 13.1 Å². The maximum absolute atomic E-state index is 6.07. The number of rotatable bonds is 7. The van der Waals surface area contributed by atoms with Crippen LogP contribution in [0.5, 0.6) is 0 Å². The second-order valence-corrected chi connectivity index (χ2v) is 6.79. The van der Waals surface area contributed by atoms with Crippen molar-refractivity contribution in [3.8, 4) is 0 Å². The van der Waals surface area contributed by atoms with Gasteiger partial charge in [0.15, 0.2) is 0 Å². The molecular formula is C13H30N2S. The van der Waals surface area contributed by atoms with E-state index < -0.39 is 0 Å². The molecule has 0 fully saturated rings. The molecule has 0 aromatic carbocycles. The quantitative estimate of drug-likeness (QED) is 0.749. The molecule has 0 heterocycles. The van der Waals surface area contributed by atoms with Crippen LogP contribution >= 0.6 is 11.8 Å². The SMILES string of the molecule is CCN(CC)CCSC(C(C)N)C(C)(C)C. The Morgan fingerprint density at radius 1 is 1.19 bits per heavy atom. The van der Waals surface area contributed by atoms with Crippen molar-refractivity contribution in [2.24, 2.45) is 11.1 Å². The molecule has 0 rings (SSSR count). The summed E-state index contributed by atoms with van der Waals surface area (Å²) in [5.74, 6) is 1.19. The highest BCUT2D eigenvalue weighted by Gasteiger charge is 2.27. The Morgan fingerprint density at radius 2 is 1.69 bits per heavy atom. The predicted octanol–water partition coefficient (Wildman–Crippen LogP) is 2.82. The van der Waals surface area contributed by atoms with Crippen molar-refractivity contribution in [2.75, 3.05) is 25.4 Å². The van der Waals surface area contributed by atoms with Gasteiger partial charge in [-0.25, -0.2) is 0 Å². The molecule has 0 aliphatic heterocycles. The lowest BCUT2D eigenvalue weighted by Gasteiger charge is -2.33. The van der Waals surface area contributed by atoms with Crippen LogP contribution in [0, 0.1) is 5.41 Å². The first-order chi connectivity index (χ1) is 7.32. The monoisotopic (exact) mass is 246 g/mol. The van der Waals surface area contributed by atoms with Crippen molar-refractivity contribution in [3.05, 3.63) is 0 Å². The van der Waals surface area contributed by atoms with Crippen LogP contribution in [-0.4, -0.2) is 41.6 Å². The molecular weight excluding hydrogens is 216 g/mol. The summed E-state index contributed by atoms with van der Waals surface area (Å²) in [5, 5.41) is 0.545. The molecule has 2 N–H and O–H groups in total. The van der Waals surface area contributed by atoms with Gasteiger partial charge < -0.3 is 10.6 Å². The van der Waals surface area contributed by atoms with Crippen molar-refractivity contribution in [1.82, 2.24) is 4.90 Å². The lowest BCUT2D eigenvalue weighted by atomic mass is 9.88. The van der Waals surface area contributed by atoms with Crippen LogP contribution in [0.2, 0.25) is 0 Å². The molecule has 16 heavy (non-hydrogen) atoms. The van der Waals surface area contributed by atoms with E-state index in [1.165, 1.54) is 12.3 Å². The average molecular weight is 246 g/mol. The van der Waals surface area contributed by atoms with Crippen LogP contribution < -0.4 is 5.73 Å². The van der Waals surface area contributed by atoms with Gasteiger partial charge in [0.05, 0.1) is 0 Å². The molecule has 98 valence electrons. The van der Waals surface area contributed by atoms with E-state index in [4.69, 9.17) is 5.73 Å². The number of nitrogens with two attached hydrogens (primary N) is 1. The molecule has 0 bridgehead atoms. The molecule has 3 heteroatoms. The Kier molecular flexibility index (Phi) is 7.70. The zero-order valence-electron chi connectivity index (χ0n) is 11.9. The first kappa shape index (κ1) is 16.3. The minimum atomic E-state index is 0.265. The summed E-state index contributed by atoms with van der Waals surface area (Å²) in [6.07, 6.45) is 0. The maximum atomic E-state index is 6.07. The van der Waals surface area contributed by atoms with Crippen molar-refractivity contribution in [1.29, 1.82) is 0 Å². The fourth-order valence-electron chi connectivity index (χ4n) is 2.04. The van der Waals surface area contributed by atoms with Gasteiger partial charge in [-0.05, 0) is 25.4 Å². The molecule has 2 unspecified atom stereocenters. The standard InChI is InChI=1S/C13H30N2S/c1-7-15(8-2)9-10-16-12(11(3)14)13(4,5)6/h11-12H,7-10,14H2,1-6H3. The molecule has 0 aliphatic rings. The van der Waals surface area contributed by atoms with Gasteiger partial charge in [0, 0.05) is 23.6 Å². The van der Waals surface area contributed by atoms with Crippen LogP contribution in [0.25, 0.3) is 0 Å². The molecule has 2 atom stereocenters. The number of thioether (sulfide) groups is 1. The van der Waals surface area contributed by atoms with Crippen LogP contribution in [0.15, 0.2) is 0 Å². The molecule has 0 saturated heterocycles. The Bertz CT molecular complexity index is 171. The van der Waals surface area contributed by atoms with E-state index in [1.54, 1.807) is 0 Å². The normalized spacial score (nSPS) is 16.5. The van der Waals surface area contributed by atoms with Crippen molar-refractivity contribution in [2.45, 2.75) is 52.8 Å². The predicted molar refractivity (Wildman–Crippen MR) is 77.1 cm³/mol. The molecule has 2 nitrogen and oxygen atoms in total. The Balaban J connectivity index is 4.04. The zero-order chi connectivity index (χ0) is 12.8. The Hall–Kier alpha value is 0.270. The van der Waals surface area contributed by atoms with Crippen molar-refractivity contribution >= 4 is 11.8 Å². The summed E-state index contributed by atoms with van der Waals surface area (Å²) in [6.45, 7) is 16.9. The van der Waals surface area contributed by atoms with Gasteiger partial charge in [-0.1, -0.05) is 34.6 Å². The molecule has 0 aromatic heterocycles. The van der Waals surface area contributed by atoms with Crippen LogP contribution in [0.3, 0.4) is 0 Å². The minimum absolute atomic E-state index is 0.265. The maximum Gasteiger partial charge on any atom is 0.0245 e. The lowest BCUT2D eigenvalue weighted by molar-refractivity contribution is 0.322. The van der Waals surface area contributed by atoms with E-state index in [-0.39, 0.29) is 6.04 Å². The number of hydrogen-bond donors (Lipinski definition) is 1. The summed E-state index contributed by atoms with van der Waals surface area (Å²) in [7, 11) is 0. The van der Waals surface area contributed by atoms with E-state index in [2.05, 4.69) is 46.4 Å². The minimum Gasteiger partial charge on any atom is -0.327 e. The zero-order valence-corrected chi connectivity index (χ0v) is 12.7. The van der Waals surface area contributed by atoms with Gasteiger partial charge in [-0.3, -0.25) is 0 Å². The highest BCUT2D eigenvalue weighted by Crippen LogP contribution is 2.32. The van der Waals surface area contributed by atoms with E-state index in [0.29, 0.717) is 10.7 Å². The summed E-state index contributed by atoms with van der Waals surface area (Å²) in [5.41, 5.74) is 6.36. The van der Waals surface area contributed by atoms with Crippen LogP contribution in [-0.2, 0) is 0 Å². The van der Waals surface area contributed by atoms with Gasteiger partial charge in [-0.15, -0.1) is 0 Å². The van der Waals surface area contributed by atoms with Gasteiger partial charge in [-0.2, -0.15) is 11.8 Å². The van der Waals surface area contributed by atoms with Gasteiger partial charge in [0.25, 0.3) is 0 Å². The highest BCUT2D eigenvalue weighted by atomic mass is 32.2. The van der Waals surface area contributed by atoms with Crippen LogP contribution in [0.4, 0.5) is 0 Å². The van der Waals surface area contributed by atoms with E-state index >= 15 is 0 Å². The van der Waals surface area contributed by atoms with Gasteiger partial charge in [0.2, 0.25) is 0 Å². The number of nitrogens with zero attached hydrogens (tertiary/aromatic N) is 1. The summed E-state index contributed by atoms with van der Waals surface area (Å²) < 4.78 is 0. The third kappa shape index (κ3) is 6.12.